The Kier molecular flexibility index (Phi) is 7.60. The van der Waals surface area contributed by atoms with E-state index < -0.39 is 32.3 Å². The molecule has 2 aromatic heterocycles. The fourth-order valence-electron chi connectivity index (χ4n) is 4.18. The molecule has 1 aromatic carbocycles. The number of ketones is 1. The second kappa shape index (κ2) is 10.6. The van der Waals surface area contributed by atoms with Crippen LogP contribution >= 0.6 is 0 Å². The SMILES string of the molecule is CC(C)COc1cc(F)cc(-c2ccc(C(=O)NS(=O)(=O)c3cccc(N)n3)c(N3CCC(=O)C3(C)C)n2)c1.[HH].[HH]. The molecule has 0 bridgehead atoms. The van der Waals surface area contributed by atoms with Gasteiger partial charge in [-0.3, -0.25) is 9.59 Å². The van der Waals surface area contributed by atoms with E-state index in [4.69, 9.17) is 10.5 Å². The van der Waals surface area contributed by atoms with Crippen molar-refractivity contribution in [3.8, 4) is 17.0 Å². The van der Waals surface area contributed by atoms with Gasteiger partial charge in [-0.25, -0.2) is 19.1 Å². The highest BCUT2D eigenvalue weighted by Crippen LogP contribution is 2.35. The molecule has 10 nitrogen and oxygen atoms in total. The summed E-state index contributed by atoms with van der Waals surface area (Å²) in [5.74, 6) is -0.953. The first-order valence-electron chi connectivity index (χ1n) is 12.3. The molecule has 0 saturated carbocycles. The number of aromatic nitrogens is 2. The van der Waals surface area contributed by atoms with Gasteiger partial charge in [-0.1, -0.05) is 19.9 Å². The lowest BCUT2D eigenvalue weighted by Gasteiger charge is -2.32. The molecular weight excluding hydrogens is 525 g/mol. The number of sulfonamides is 1. The van der Waals surface area contributed by atoms with E-state index in [9.17, 15) is 22.4 Å². The lowest BCUT2D eigenvalue weighted by molar-refractivity contribution is -0.120. The van der Waals surface area contributed by atoms with Gasteiger partial charge in [-0.15, -0.1) is 0 Å². The summed E-state index contributed by atoms with van der Waals surface area (Å²) >= 11 is 0. The van der Waals surface area contributed by atoms with Crippen LogP contribution in [0.1, 0.15) is 47.3 Å². The summed E-state index contributed by atoms with van der Waals surface area (Å²) in [6.07, 6.45) is 0.221. The number of pyridine rings is 2. The molecule has 1 aliphatic rings. The van der Waals surface area contributed by atoms with E-state index >= 15 is 0 Å². The van der Waals surface area contributed by atoms with Crippen LogP contribution in [0, 0.1) is 11.7 Å². The third kappa shape index (κ3) is 6.00. The van der Waals surface area contributed by atoms with Crippen molar-refractivity contribution in [3.05, 3.63) is 59.9 Å². The summed E-state index contributed by atoms with van der Waals surface area (Å²) in [6.45, 7) is 8.00. The molecule has 0 unspecified atom stereocenters. The predicted molar refractivity (Wildman–Crippen MR) is 149 cm³/mol. The van der Waals surface area contributed by atoms with E-state index in [-0.39, 0.29) is 44.7 Å². The van der Waals surface area contributed by atoms with E-state index in [0.29, 0.717) is 23.6 Å². The summed E-state index contributed by atoms with van der Waals surface area (Å²) in [5.41, 5.74) is 5.21. The van der Waals surface area contributed by atoms with Gasteiger partial charge < -0.3 is 15.4 Å². The maximum atomic E-state index is 14.5. The zero-order valence-electron chi connectivity index (χ0n) is 22.1. The molecule has 1 amide bonds. The van der Waals surface area contributed by atoms with Gasteiger partial charge in [0.15, 0.2) is 10.8 Å². The number of benzene rings is 1. The summed E-state index contributed by atoms with van der Waals surface area (Å²) in [5, 5.41) is -0.424. The Balaban J connectivity index is 0.00000294. The first-order chi connectivity index (χ1) is 18.3. The maximum Gasteiger partial charge on any atom is 0.281 e. The molecule has 3 heterocycles. The van der Waals surface area contributed by atoms with E-state index in [1.54, 1.807) is 24.8 Å². The quantitative estimate of drug-likeness (QED) is 0.417. The first-order valence-corrected chi connectivity index (χ1v) is 13.8. The number of amides is 1. The number of carbonyl (C=O) groups is 2. The highest BCUT2D eigenvalue weighted by Gasteiger charge is 2.42. The highest BCUT2D eigenvalue weighted by molar-refractivity contribution is 7.90. The number of hydrogen-bond donors (Lipinski definition) is 2. The minimum absolute atomic E-state index is 0. The molecule has 1 saturated heterocycles. The van der Waals surface area contributed by atoms with Crippen LogP contribution in [0.25, 0.3) is 11.3 Å². The second-order valence-corrected chi connectivity index (χ2v) is 11.8. The topological polar surface area (TPSA) is 145 Å². The van der Waals surface area contributed by atoms with Crippen molar-refractivity contribution in [2.24, 2.45) is 5.92 Å². The van der Waals surface area contributed by atoms with Gasteiger partial charge in [0.1, 0.15) is 23.2 Å². The molecule has 3 aromatic rings. The molecule has 12 heteroatoms. The number of nitrogens with one attached hydrogen (secondary N) is 1. The van der Waals surface area contributed by atoms with Crippen LogP contribution in [0.3, 0.4) is 0 Å². The Morgan fingerprint density at radius 2 is 1.95 bits per heavy atom. The van der Waals surface area contributed by atoms with E-state index in [2.05, 4.69) is 9.97 Å². The van der Waals surface area contributed by atoms with Crippen molar-refractivity contribution in [1.82, 2.24) is 14.7 Å². The van der Waals surface area contributed by atoms with Crippen molar-refractivity contribution in [1.29, 1.82) is 0 Å². The second-order valence-electron chi connectivity index (χ2n) is 10.2. The molecular formula is C27H34FN5O5S. The Bertz CT molecular complexity index is 1550. The number of nitrogens with zero attached hydrogens (tertiary/aromatic N) is 3. The Morgan fingerprint density at radius 3 is 2.59 bits per heavy atom. The van der Waals surface area contributed by atoms with Gasteiger partial charge in [0.25, 0.3) is 15.9 Å². The van der Waals surface area contributed by atoms with Crippen molar-refractivity contribution < 1.29 is 30.0 Å². The number of rotatable bonds is 8. The van der Waals surface area contributed by atoms with Crippen LogP contribution in [-0.4, -0.2) is 48.8 Å². The van der Waals surface area contributed by atoms with Crippen molar-refractivity contribution in [3.63, 3.8) is 0 Å². The number of carbonyl (C=O) groups excluding carboxylic acids is 2. The van der Waals surface area contributed by atoms with Crippen LogP contribution in [0.15, 0.2) is 53.6 Å². The average molecular weight is 560 g/mol. The van der Waals surface area contributed by atoms with E-state index in [0.717, 1.165) is 0 Å². The third-order valence-electron chi connectivity index (χ3n) is 6.29. The Hall–Kier alpha value is -4.06. The molecule has 39 heavy (non-hydrogen) atoms. The highest BCUT2D eigenvalue weighted by atomic mass is 32.2. The molecule has 210 valence electrons. The number of Topliss-reactive ketones (excluding diaryl/α,β-unsaturated/α-hetero) is 1. The largest absolute Gasteiger partial charge is 0.493 e. The lowest BCUT2D eigenvalue weighted by Crippen LogP contribution is -2.44. The van der Waals surface area contributed by atoms with Gasteiger partial charge in [0, 0.05) is 27.4 Å². The zero-order valence-corrected chi connectivity index (χ0v) is 22.9. The van der Waals surface area contributed by atoms with Crippen LogP contribution in [0.5, 0.6) is 5.75 Å². The zero-order chi connectivity index (χ0) is 28.5. The number of hydrogen-bond acceptors (Lipinski definition) is 9. The smallest absolute Gasteiger partial charge is 0.281 e. The summed E-state index contributed by atoms with van der Waals surface area (Å²) in [7, 11) is -4.37. The fourth-order valence-corrected chi connectivity index (χ4v) is 5.12. The summed E-state index contributed by atoms with van der Waals surface area (Å²) in [4.78, 5) is 36.0. The number of nitrogen functional groups attached to an aromatic ring is 1. The van der Waals surface area contributed by atoms with E-state index in [1.807, 2.05) is 18.6 Å². The number of nitrogens with two attached hydrogens (primary N) is 1. The summed E-state index contributed by atoms with van der Waals surface area (Å²) in [6, 6.07) is 11.1. The van der Waals surface area contributed by atoms with Crippen molar-refractivity contribution in [2.75, 3.05) is 23.8 Å². The molecule has 0 atom stereocenters. The minimum atomic E-state index is -4.37. The molecule has 1 aliphatic heterocycles. The monoisotopic (exact) mass is 559 g/mol. The van der Waals surface area contributed by atoms with Crippen molar-refractivity contribution in [2.45, 2.75) is 44.7 Å². The van der Waals surface area contributed by atoms with Gasteiger partial charge in [0.05, 0.1) is 23.4 Å². The lowest BCUT2D eigenvalue weighted by atomic mass is 10.00. The Labute approximate surface area is 229 Å². The molecule has 0 radical (unpaired) electrons. The number of halogens is 1. The predicted octanol–water partition coefficient (Wildman–Crippen LogP) is 4.07. The normalized spacial score (nSPS) is 15.0. The van der Waals surface area contributed by atoms with E-state index in [1.165, 1.54) is 42.5 Å². The summed E-state index contributed by atoms with van der Waals surface area (Å²) < 4.78 is 47.9. The number of ether oxygens (including phenoxy) is 1. The van der Waals surface area contributed by atoms with Crippen LogP contribution in [0.4, 0.5) is 16.0 Å². The third-order valence-corrected chi connectivity index (χ3v) is 7.53. The van der Waals surface area contributed by atoms with Crippen molar-refractivity contribution >= 4 is 33.3 Å². The fraction of sp³-hybridized carbons (Fsp3) is 0.333. The van der Waals surface area contributed by atoms with Gasteiger partial charge >= 0.3 is 0 Å². The maximum absolute atomic E-state index is 14.5. The molecule has 1 fully saturated rings. The van der Waals surface area contributed by atoms with Gasteiger partial charge in [-0.2, -0.15) is 8.42 Å². The number of anilines is 2. The molecule has 3 N–H and O–H groups in total. The van der Waals surface area contributed by atoms with Gasteiger partial charge in [0.2, 0.25) is 0 Å². The van der Waals surface area contributed by atoms with Crippen LogP contribution in [0.2, 0.25) is 0 Å². The average Bonchev–Trinajstić information content (AvgIpc) is 3.13. The Morgan fingerprint density at radius 1 is 1.21 bits per heavy atom. The minimum Gasteiger partial charge on any atom is -0.493 e. The molecule has 4 rings (SSSR count). The van der Waals surface area contributed by atoms with Gasteiger partial charge in [-0.05, 0) is 56.2 Å². The van der Waals surface area contributed by atoms with Crippen LogP contribution in [-0.2, 0) is 14.8 Å². The van der Waals surface area contributed by atoms with Crippen LogP contribution < -0.4 is 20.1 Å². The molecule has 0 aliphatic carbocycles. The standard InChI is InChI=1S/C27H30FN5O5S.2H2/c1-16(2)15-38-19-13-17(12-18(28)14-19)21-9-8-20(25(30-21)33-11-10-22(34)27(33,3)4)26(35)32-39(36,37)24-7-5-6-23(29)31-24;;/h5-9,12-14,16H,10-11,15H2,1-4H3,(H2,29,31)(H,32,35);2*1H. The first kappa shape index (κ1) is 28.0. The molecule has 0 spiro atoms.